The van der Waals surface area contributed by atoms with Gasteiger partial charge in [-0.2, -0.15) is 0 Å². The zero-order valence-corrected chi connectivity index (χ0v) is 14.9. The second-order valence-electron chi connectivity index (χ2n) is 4.32. The third-order valence-electron chi connectivity index (χ3n) is 1.51. The number of ether oxygens (including phenoxy) is 1. The molecule has 12 heteroatoms. The Hall–Kier alpha value is -2.57. The number of carbonyl (C=O) groups excluding carboxylic acids is 3. The van der Waals surface area contributed by atoms with Crippen LogP contribution in [-0.2, 0) is 23.9 Å². The lowest BCUT2D eigenvalue weighted by molar-refractivity contribution is -0.141. The minimum absolute atomic E-state index is 0.312. The minimum atomic E-state index is -1.06. The number of carbonyl (C=O) groups is 5. The molecule has 154 valence electrons. The predicted octanol–water partition coefficient (Wildman–Crippen LogP) is -1.47. The maximum absolute atomic E-state index is 9.87. The Kier molecular flexibility index (Phi) is 26.9. The van der Waals surface area contributed by atoms with Gasteiger partial charge in [0.25, 0.3) is 0 Å². The highest BCUT2D eigenvalue weighted by atomic mass is 16.5. The van der Waals surface area contributed by atoms with Gasteiger partial charge in [0, 0.05) is 0 Å². The number of ketones is 2. The van der Waals surface area contributed by atoms with E-state index in [-0.39, 0.29) is 37.6 Å². The normalized spacial score (nSPS) is 8.42. The van der Waals surface area contributed by atoms with E-state index in [1.807, 2.05) is 0 Å². The van der Waals surface area contributed by atoms with Crippen LogP contribution in [0.4, 0.5) is 4.79 Å². The van der Waals surface area contributed by atoms with E-state index in [1.165, 1.54) is 13.8 Å². The Labute approximate surface area is 150 Å². The Bertz CT molecular complexity index is 369. The lowest BCUT2D eigenvalue weighted by Gasteiger charge is -1.96. The molecular formula is C14H27NO11. The molecule has 0 atom stereocenters. The minimum Gasteiger partial charge on any atom is -0.481 e. The smallest absolute Gasteiger partial charge is 0.404 e. The number of primary amides is 1. The quantitative estimate of drug-likeness (QED) is 0.278. The van der Waals surface area contributed by atoms with Crippen LogP contribution in [0.5, 0.6) is 0 Å². The molecule has 0 unspecified atom stereocenters. The molecule has 0 saturated heterocycles. The number of rotatable bonds is 7. The van der Waals surface area contributed by atoms with Crippen molar-refractivity contribution in [2.75, 3.05) is 19.8 Å². The molecule has 0 heterocycles. The van der Waals surface area contributed by atoms with Crippen LogP contribution in [-0.4, -0.2) is 81.1 Å². The number of aliphatic hydroxyl groups is 3. The number of aliphatic hydroxyl groups excluding tert-OH is 3. The molecule has 0 aliphatic rings. The molecule has 0 spiro atoms. The zero-order valence-electron chi connectivity index (χ0n) is 14.9. The van der Waals surface area contributed by atoms with Crippen LogP contribution in [0.15, 0.2) is 0 Å². The Morgan fingerprint density at radius 1 is 0.885 bits per heavy atom. The summed E-state index contributed by atoms with van der Waals surface area (Å²) in [6.45, 7) is 3.81. The average Bonchev–Trinajstić information content (AvgIpc) is 2.45. The van der Waals surface area contributed by atoms with E-state index in [1.54, 1.807) is 6.92 Å². The number of Topliss-reactive ketones (excluding diaryl/α,β-unsaturated/α-hetero) is 2. The first-order chi connectivity index (χ1) is 11.8. The summed E-state index contributed by atoms with van der Waals surface area (Å²) in [5.74, 6) is -2.75. The van der Waals surface area contributed by atoms with Crippen LogP contribution in [0.3, 0.4) is 0 Å². The van der Waals surface area contributed by atoms with Gasteiger partial charge < -0.3 is 36.0 Å². The second-order valence-corrected chi connectivity index (χ2v) is 4.32. The van der Waals surface area contributed by atoms with Crippen molar-refractivity contribution in [2.45, 2.75) is 39.7 Å². The topological polar surface area (TPSA) is 222 Å². The number of aliphatic carboxylic acids is 2. The van der Waals surface area contributed by atoms with Crippen LogP contribution in [0.2, 0.25) is 0 Å². The maximum atomic E-state index is 9.87. The molecular weight excluding hydrogens is 358 g/mol. The summed E-state index contributed by atoms with van der Waals surface area (Å²) in [4.78, 5) is 48.5. The highest BCUT2D eigenvalue weighted by Crippen LogP contribution is 1.78. The second kappa shape index (κ2) is 22.4. The van der Waals surface area contributed by atoms with Crippen molar-refractivity contribution in [3.8, 4) is 0 Å². The van der Waals surface area contributed by atoms with Gasteiger partial charge in [0.2, 0.25) is 0 Å². The fraction of sp³-hybridized carbons (Fsp3) is 0.643. The highest BCUT2D eigenvalue weighted by molar-refractivity contribution is 5.93. The van der Waals surface area contributed by atoms with Gasteiger partial charge >= 0.3 is 18.0 Å². The molecule has 12 nitrogen and oxygen atoms in total. The van der Waals surface area contributed by atoms with E-state index in [4.69, 9.17) is 25.5 Å². The summed E-state index contributed by atoms with van der Waals surface area (Å²) in [7, 11) is 0. The third kappa shape index (κ3) is 57.9. The van der Waals surface area contributed by atoms with Gasteiger partial charge in [-0.05, 0) is 20.8 Å². The molecule has 0 radical (unpaired) electrons. The molecule has 0 saturated carbocycles. The maximum Gasteiger partial charge on any atom is 0.404 e. The molecule has 0 aliphatic carbocycles. The van der Waals surface area contributed by atoms with Gasteiger partial charge in [0.05, 0.1) is 19.8 Å². The van der Waals surface area contributed by atoms with E-state index in [9.17, 15) is 24.0 Å². The van der Waals surface area contributed by atoms with Gasteiger partial charge in [-0.15, -0.1) is 0 Å². The average molecular weight is 385 g/mol. The SMILES string of the molecule is CC(=O)CC(=O)O.CC(=O)CC(=O)O.CCOC(N)=O.OCC(O)CO. The predicted molar refractivity (Wildman–Crippen MR) is 87.3 cm³/mol. The van der Waals surface area contributed by atoms with Crippen molar-refractivity contribution < 1.29 is 54.2 Å². The van der Waals surface area contributed by atoms with E-state index in [0.717, 1.165) is 0 Å². The molecule has 0 aromatic heterocycles. The van der Waals surface area contributed by atoms with Crippen LogP contribution >= 0.6 is 0 Å². The molecule has 7 N–H and O–H groups in total. The van der Waals surface area contributed by atoms with Crippen molar-refractivity contribution in [1.29, 1.82) is 0 Å². The van der Waals surface area contributed by atoms with Crippen molar-refractivity contribution in [3.63, 3.8) is 0 Å². The first-order valence-corrected chi connectivity index (χ1v) is 7.08. The van der Waals surface area contributed by atoms with Crippen LogP contribution in [0.25, 0.3) is 0 Å². The first kappa shape index (κ1) is 31.2. The Balaban J connectivity index is -0.000000124. The molecule has 1 amide bonds. The van der Waals surface area contributed by atoms with E-state index < -0.39 is 24.1 Å². The summed E-state index contributed by atoms with van der Waals surface area (Å²) < 4.78 is 4.18. The molecule has 0 bridgehead atoms. The van der Waals surface area contributed by atoms with E-state index >= 15 is 0 Å². The summed E-state index contributed by atoms with van der Waals surface area (Å²) in [5.41, 5.74) is 4.54. The van der Waals surface area contributed by atoms with Crippen LogP contribution in [0, 0.1) is 0 Å². The fourth-order valence-electron chi connectivity index (χ4n) is 0.626. The van der Waals surface area contributed by atoms with Gasteiger partial charge in [-0.1, -0.05) is 0 Å². The highest BCUT2D eigenvalue weighted by Gasteiger charge is 1.98. The fourth-order valence-corrected chi connectivity index (χ4v) is 0.626. The third-order valence-corrected chi connectivity index (χ3v) is 1.51. The van der Waals surface area contributed by atoms with Crippen LogP contribution < -0.4 is 5.73 Å². The summed E-state index contributed by atoms with van der Waals surface area (Å²) in [6.07, 6.45) is -2.39. The van der Waals surface area contributed by atoms with Crippen LogP contribution in [0.1, 0.15) is 33.6 Å². The van der Waals surface area contributed by atoms with Crippen molar-refractivity contribution in [2.24, 2.45) is 5.73 Å². The molecule has 0 aromatic rings. The summed E-state index contributed by atoms with van der Waals surface area (Å²) >= 11 is 0. The number of carboxylic acid groups (broad SMARTS) is 2. The number of hydrogen-bond acceptors (Lipinski definition) is 9. The molecule has 0 rings (SSSR count). The van der Waals surface area contributed by atoms with E-state index in [0.29, 0.717) is 6.61 Å². The lowest BCUT2D eigenvalue weighted by atomic mass is 10.3. The number of amides is 1. The molecule has 0 aromatic carbocycles. The first-order valence-electron chi connectivity index (χ1n) is 7.08. The van der Waals surface area contributed by atoms with Gasteiger partial charge in [-0.3, -0.25) is 19.2 Å². The lowest BCUT2D eigenvalue weighted by Crippen LogP contribution is -2.15. The molecule has 26 heavy (non-hydrogen) atoms. The van der Waals surface area contributed by atoms with Gasteiger partial charge in [0.1, 0.15) is 30.5 Å². The monoisotopic (exact) mass is 385 g/mol. The molecule has 0 fully saturated rings. The van der Waals surface area contributed by atoms with Gasteiger partial charge in [-0.25, -0.2) is 4.79 Å². The van der Waals surface area contributed by atoms with Crippen molar-refractivity contribution in [1.82, 2.24) is 0 Å². The molecule has 0 aliphatic heterocycles. The number of nitrogens with two attached hydrogens (primary N) is 1. The van der Waals surface area contributed by atoms with Crippen molar-refractivity contribution in [3.05, 3.63) is 0 Å². The zero-order chi connectivity index (χ0) is 21.7. The van der Waals surface area contributed by atoms with E-state index in [2.05, 4.69) is 10.5 Å². The largest absolute Gasteiger partial charge is 0.481 e. The Morgan fingerprint density at radius 3 is 1.19 bits per heavy atom. The van der Waals surface area contributed by atoms with Gasteiger partial charge in [0.15, 0.2) is 0 Å². The summed E-state index contributed by atoms with van der Waals surface area (Å²) in [6, 6.07) is 0. The Morgan fingerprint density at radius 2 is 1.19 bits per heavy atom. The standard InChI is InChI=1S/2C4H6O3.C3H7NO2.C3H8O3/c2*1-3(5)2-4(6)7;1-2-6-3(4)5;4-1-3(6)2-5/h2*2H2,1H3,(H,6,7);2H2,1H3,(H2,4,5);3-6H,1-2H2. The van der Waals surface area contributed by atoms with Crippen molar-refractivity contribution >= 4 is 29.6 Å². The number of carboxylic acids is 2. The number of hydrogen-bond donors (Lipinski definition) is 6. The summed E-state index contributed by atoms with van der Waals surface area (Å²) in [5, 5.41) is 39.7.